The van der Waals surface area contributed by atoms with Crippen LogP contribution in [0.15, 0.2) is 48.5 Å². The van der Waals surface area contributed by atoms with Gasteiger partial charge in [0.2, 0.25) is 0 Å². The molecule has 0 aromatic heterocycles. The number of methoxy groups -OCH3 is 1. The van der Waals surface area contributed by atoms with Gasteiger partial charge in [0.05, 0.1) is 12.6 Å². The molecule has 4 rings (SSSR count). The molecule has 1 saturated heterocycles. The van der Waals surface area contributed by atoms with Crippen LogP contribution in [0.4, 0.5) is 0 Å². The summed E-state index contributed by atoms with van der Waals surface area (Å²) in [4.78, 5) is 15.4. The van der Waals surface area contributed by atoms with E-state index in [2.05, 4.69) is 47.5 Å². The zero-order valence-electron chi connectivity index (χ0n) is 16.9. The first-order valence-corrected chi connectivity index (χ1v) is 10.3. The van der Waals surface area contributed by atoms with E-state index in [-0.39, 0.29) is 11.4 Å². The van der Waals surface area contributed by atoms with Crippen LogP contribution in [-0.4, -0.2) is 43.1 Å². The number of nitrogens with one attached hydrogen (secondary N) is 1. The van der Waals surface area contributed by atoms with Crippen LogP contribution in [0.3, 0.4) is 0 Å². The number of ether oxygens (including phenoxy) is 1. The average Bonchev–Trinajstić information content (AvgIpc) is 2.85. The highest BCUT2D eigenvalue weighted by Gasteiger charge is 2.34. The average molecular weight is 379 g/mol. The van der Waals surface area contributed by atoms with Gasteiger partial charge in [-0.15, -0.1) is 0 Å². The second-order valence-corrected chi connectivity index (χ2v) is 8.50. The van der Waals surface area contributed by atoms with E-state index in [1.165, 1.54) is 18.4 Å². The number of likely N-dealkylation sites (tertiary alicyclic amines) is 1. The van der Waals surface area contributed by atoms with Gasteiger partial charge in [-0.3, -0.25) is 4.79 Å². The van der Waals surface area contributed by atoms with Gasteiger partial charge in [-0.2, -0.15) is 0 Å². The monoisotopic (exact) mass is 378 g/mol. The Labute approximate surface area is 167 Å². The molecule has 2 aromatic carbocycles. The second-order valence-electron chi connectivity index (χ2n) is 8.50. The molecule has 4 heteroatoms. The molecule has 2 heterocycles. The van der Waals surface area contributed by atoms with Gasteiger partial charge in [-0.05, 0) is 80.9 Å². The van der Waals surface area contributed by atoms with Gasteiger partial charge in [0.15, 0.2) is 0 Å². The van der Waals surface area contributed by atoms with Crippen LogP contribution in [-0.2, 0) is 6.42 Å². The molecule has 0 bridgehead atoms. The predicted octanol–water partition coefficient (Wildman–Crippen LogP) is 4.01. The van der Waals surface area contributed by atoms with E-state index in [1.807, 2.05) is 18.2 Å². The SMILES string of the molecule is COc1ccc2c(c1)CCC(C)(CN1CCC(c3ccccc3)CC1)NC2=O. The Balaban J connectivity index is 1.39. The summed E-state index contributed by atoms with van der Waals surface area (Å²) >= 11 is 0. The number of nitrogens with zero attached hydrogens (tertiary/aromatic N) is 1. The third-order valence-corrected chi connectivity index (χ3v) is 6.35. The lowest BCUT2D eigenvalue weighted by atomic mass is 9.88. The number of piperidine rings is 1. The van der Waals surface area contributed by atoms with E-state index in [0.29, 0.717) is 5.92 Å². The Bertz CT molecular complexity index is 828. The lowest BCUT2D eigenvalue weighted by Gasteiger charge is -2.39. The summed E-state index contributed by atoms with van der Waals surface area (Å²) in [5.41, 5.74) is 3.12. The number of benzene rings is 2. The van der Waals surface area contributed by atoms with Gasteiger partial charge in [-0.1, -0.05) is 30.3 Å². The van der Waals surface area contributed by atoms with E-state index < -0.39 is 0 Å². The Morgan fingerprint density at radius 3 is 2.61 bits per heavy atom. The van der Waals surface area contributed by atoms with Gasteiger partial charge in [0, 0.05) is 12.1 Å². The van der Waals surface area contributed by atoms with Crippen LogP contribution in [0.2, 0.25) is 0 Å². The minimum Gasteiger partial charge on any atom is -0.497 e. The zero-order valence-corrected chi connectivity index (χ0v) is 16.9. The summed E-state index contributed by atoms with van der Waals surface area (Å²) in [5.74, 6) is 1.51. The summed E-state index contributed by atoms with van der Waals surface area (Å²) < 4.78 is 5.34. The maximum absolute atomic E-state index is 12.8. The number of carbonyl (C=O) groups excluding carboxylic acids is 1. The number of aryl methyl sites for hydroxylation is 1. The van der Waals surface area contributed by atoms with Crippen molar-refractivity contribution in [2.75, 3.05) is 26.7 Å². The number of hydrogen-bond acceptors (Lipinski definition) is 3. The van der Waals surface area contributed by atoms with E-state index in [4.69, 9.17) is 4.74 Å². The molecule has 0 radical (unpaired) electrons. The van der Waals surface area contributed by atoms with Gasteiger partial charge < -0.3 is 15.0 Å². The Kier molecular flexibility index (Phi) is 5.40. The van der Waals surface area contributed by atoms with Gasteiger partial charge in [0.1, 0.15) is 5.75 Å². The van der Waals surface area contributed by atoms with Crippen molar-refractivity contribution in [2.45, 2.75) is 44.1 Å². The molecule has 0 spiro atoms. The van der Waals surface area contributed by atoms with Crippen LogP contribution in [0.25, 0.3) is 0 Å². The van der Waals surface area contributed by atoms with Gasteiger partial charge in [0.25, 0.3) is 5.91 Å². The summed E-state index contributed by atoms with van der Waals surface area (Å²) in [6, 6.07) is 16.6. The largest absolute Gasteiger partial charge is 0.497 e. The molecular weight excluding hydrogens is 348 g/mol. The Morgan fingerprint density at radius 1 is 1.14 bits per heavy atom. The smallest absolute Gasteiger partial charge is 0.252 e. The van der Waals surface area contributed by atoms with Crippen LogP contribution in [0, 0.1) is 0 Å². The number of amides is 1. The fourth-order valence-electron chi connectivity index (χ4n) is 4.70. The van der Waals surface area contributed by atoms with Crippen LogP contribution in [0.1, 0.15) is 53.6 Å². The molecule has 0 aliphatic carbocycles. The predicted molar refractivity (Wildman–Crippen MR) is 112 cm³/mol. The summed E-state index contributed by atoms with van der Waals surface area (Å²) in [5, 5.41) is 3.32. The molecule has 1 fully saturated rings. The van der Waals surface area contributed by atoms with Crippen LogP contribution in [0.5, 0.6) is 5.75 Å². The van der Waals surface area contributed by atoms with Crippen molar-refractivity contribution >= 4 is 5.91 Å². The van der Waals surface area contributed by atoms with Crippen LogP contribution < -0.4 is 10.1 Å². The molecule has 1 N–H and O–H groups in total. The standard InChI is InChI=1S/C24H30N2O2/c1-24(13-10-20-16-21(28-2)8-9-22(20)23(27)25-24)17-26-14-11-19(12-15-26)18-6-4-3-5-7-18/h3-9,16,19H,10-15,17H2,1-2H3,(H,25,27). The third-order valence-electron chi connectivity index (χ3n) is 6.35. The molecule has 4 nitrogen and oxygen atoms in total. The number of fused-ring (bicyclic) bond motifs is 1. The number of hydrogen-bond donors (Lipinski definition) is 1. The Hall–Kier alpha value is -2.33. The molecule has 148 valence electrons. The third kappa shape index (κ3) is 4.07. The highest BCUT2D eigenvalue weighted by molar-refractivity contribution is 5.96. The lowest BCUT2D eigenvalue weighted by Crippen LogP contribution is -2.54. The fraction of sp³-hybridized carbons (Fsp3) is 0.458. The second kappa shape index (κ2) is 7.96. The van der Waals surface area contributed by atoms with Gasteiger partial charge in [-0.25, -0.2) is 0 Å². The number of carbonyl (C=O) groups is 1. The van der Waals surface area contributed by atoms with Crippen molar-refractivity contribution in [1.29, 1.82) is 0 Å². The molecule has 1 unspecified atom stereocenters. The van der Waals surface area contributed by atoms with E-state index in [0.717, 1.165) is 49.4 Å². The fourth-order valence-corrected chi connectivity index (χ4v) is 4.70. The van der Waals surface area contributed by atoms with Crippen molar-refractivity contribution < 1.29 is 9.53 Å². The van der Waals surface area contributed by atoms with Gasteiger partial charge >= 0.3 is 0 Å². The quantitative estimate of drug-likeness (QED) is 0.874. The first-order valence-electron chi connectivity index (χ1n) is 10.3. The highest BCUT2D eigenvalue weighted by Crippen LogP contribution is 2.30. The first-order chi connectivity index (χ1) is 13.6. The molecule has 2 aliphatic rings. The van der Waals surface area contributed by atoms with Crippen molar-refractivity contribution in [3.63, 3.8) is 0 Å². The molecule has 2 aromatic rings. The topological polar surface area (TPSA) is 41.6 Å². The van der Waals surface area contributed by atoms with Crippen molar-refractivity contribution in [1.82, 2.24) is 10.2 Å². The van der Waals surface area contributed by atoms with E-state index in [1.54, 1.807) is 7.11 Å². The molecular formula is C24H30N2O2. The van der Waals surface area contributed by atoms with E-state index in [9.17, 15) is 4.79 Å². The maximum Gasteiger partial charge on any atom is 0.252 e. The zero-order chi connectivity index (χ0) is 19.6. The van der Waals surface area contributed by atoms with Crippen molar-refractivity contribution in [3.8, 4) is 5.75 Å². The summed E-state index contributed by atoms with van der Waals surface area (Å²) in [6.07, 6.45) is 4.21. The highest BCUT2D eigenvalue weighted by atomic mass is 16.5. The van der Waals surface area contributed by atoms with E-state index >= 15 is 0 Å². The molecule has 1 atom stereocenters. The Morgan fingerprint density at radius 2 is 1.89 bits per heavy atom. The first kappa shape index (κ1) is 19.0. The minimum atomic E-state index is -0.205. The van der Waals surface area contributed by atoms with Crippen molar-refractivity contribution in [2.24, 2.45) is 0 Å². The lowest BCUT2D eigenvalue weighted by molar-refractivity contribution is 0.0860. The normalized spacial score (nSPS) is 23.6. The summed E-state index contributed by atoms with van der Waals surface area (Å²) in [6.45, 7) is 5.28. The van der Waals surface area contributed by atoms with Crippen LogP contribution >= 0.6 is 0 Å². The van der Waals surface area contributed by atoms with Crippen molar-refractivity contribution in [3.05, 3.63) is 65.2 Å². The minimum absolute atomic E-state index is 0.0387. The molecule has 1 amide bonds. The molecule has 28 heavy (non-hydrogen) atoms. The number of rotatable bonds is 4. The summed E-state index contributed by atoms with van der Waals surface area (Å²) in [7, 11) is 1.67. The molecule has 0 saturated carbocycles. The maximum atomic E-state index is 12.8. The molecule has 2 aliphatic heterocycles.